The lowest BCUT2D eigenvalue weighted by molar-refractivity contribution is 0.0696. The van der Waals surface area contributed by atoms with Gasteiger partial charge in [0.1, 0.15) is 5.82 Å². The Balaban J connectivity index is 2.80. The summed E-state index contributed by atoms with van der Waals surface area (Å²) in [5, 5.41) is 11.7. The van der Waals surface area contributed by atoms with Gasteiger partial charge >= 0.3 is 5.97 Å². The van der Waals surface area contributed by atoms with Gasteiger partial charge in [-0.15, -0.1) is 0 Å². The maximum Gasteiger partial charge on any atom is 0.335 e. The van der Waals surface area contributed by atoms with Gasteiger partial charge in [-0.2, -0.15) is 0 Å². The largest absolute Gasteiger partial charge is 0.478 e. The number of benzene rings is 1. The Kier molecular flexibility index (Phi) is 4.66. The van der Waals surface area contributed by atoms with Crippen molar-refractivity contribution in [3.8, 4) is 0 Å². The van der Waals surface area contributed by atoms with Crippen LogP contribution in [0.1, 0.15) is 22.3 Å². The van der Waals surface area contributed by atoms with E-state index in [1.807, 2.05) is 13.1 Å². The topological polar surface area (TPSA) is 49.3 Å². The van der Waals surface area contributed by atoms with Gasteiger partial charge in [0.2, 0.25) is 0 Å². The van der Waals surface area contributed by atoms with Crippen LogP contribution >= 0.6 is 0 Å². The Morgan fingerprint density at radius 3 is 2.88 bits per heavy atom. The van der Waals surface area contributed by atoms with E-state index in [0.717, 1.165) is 19.0 Å². The molecule has 0 aliphatic carbocycles. The van der Waals surface area contributed by atoms with E-state index in [2.05, 4.69) is 5.32 Å². The minimum absolute atomic E-state index is 0.0340. The molecule has 0 aliphatic rings. The van der Waals surface area contributed by atoms with Gasteiger partial charge in [-0.1, -0.05) is 12.2 Å². The molecule has 0 saturated carbocycles. The average molecular weight is 223 g/mol. The number of rotatable bonds is 5. The van der Waals surface area contributed by atoms with Crippen molar-refractivity contribution in [2.75, 3.05) is 13.6 Å². The highest BCUT2D eigenvalue weighted by Crippen LogP contribution is 2.11. The molecule has 0 bridgehead atoms. The van der Waals surface area contributed by atoms with Crippen LogP contribution in [0.2, 0.25) is 0 Å². The van der Waals surface area contributed by atoms with Gasteiger partial charge in [-0.05, 0) is 43.8 Å². The summed E-state index contributed by atoms with van der Waals surface area (Å²) >= 11 is 0. The molecule has 0 spiro atoms. The zero-order chi connectivity index (χ0) is 12.0. The van der Waals surface area contributed by atoms with Crippen molar-refractivity contribution in [3.05, 3.63) is 41.2 Å². The van der Waals surface area contributed by atoms with Crippen molar-refractivity contribution < 1.29 is 14.3 Å². The second kappa shape index (κ2) is 6.02. The molecule has 0 atom stereocenters. The summed E-state index contributed by atoms with van der Waals surface area (Å²) in [5.74, 6) is -1.66. The van der Waals surface area contributed by atoms with E-state index in [1.54, 1.807) is 6.08 Å². The fraction of sp³-hybridized carbons (Fsp3) is 0.250. The molecule has 16 heavy (non-hydrogen) atoms. The molecule has 0 saturated heterocycles. The van der Waals surface area contributed by atoms with E-state index in [0.29, 0.717) is 5.56 Å². The molecule has 0 radical (unpaired) electrons. The smallest absolute Gasteiger partial charge is 0.335 e. The summed E-state index contributed by atoms with van der Waals surface area (Å²) in [4.78, 5) is 10.7. The second-order valence-electron chi connectivity index (χ2n) is 3.37. The van der Waals surface area contributed by atoms with Gasteiger partial charge in [0, 0.05) is 0 Å². The van der Waals surface area contributed by atoms with Crippen LogP contribution in [0.5, 0.6) is 0 Å². The monoisotopic (exact) mass is 223 g/mol. The number of carboxylic acid groups (broad SMARTS) is 1. The molecule has 1 aromatic carbocycles. The van der Waals surface area contributed by atoms with E-state index in [1.165, 1.54) is 12.1 Å². The predicted octanol–water partition coefficient (Wildman–Crippen LogP) is 2.15. The molecule has 0 fully saturated rings. The van der Waals surface area contributed by atoms with Gasteiger partial charge in [0.15, 0.2) is 0 Å². The van der Waals surface area contributed by atoms with E-state index < -0.39 is 11.8 Å². The van der Waals surface area contributed by atoms with E-state index in [-0.39, 0.29) is 5.56 Å². The number of nitrogens with one attached hydrogen (secondary N) is 1. The third-order valence-corrected chi connectivity index (χ3v) is 2.04. The minimum Gasteiger partial charge on any atom is -0.478 e. The maximum absolute atomic E-state index is 13.1. The SMILES string of the molecule is CNCCC=Cc1cc(F)cc(C(=O)O)c1. The molecule has 86 valence electrons. The first-order valence-electron chi connectivity index (χ1n) is 4.98. The minimum atomic E-state index is -1.12. The number of carboxylic acids is 1. The number of halogens is 1. The van der Waals surface area contributed by atoms with Crippen LogP contribution in [-0.4, -0.2) is 24.7 Å². The van der Waals surface area contributed by atoms with Crippen molar-refractivity contribution in [1.29, 1.82) is 0 Å². The first-order chi connectivity index (χ1) is 7.63. The average Bonchev–Trinajstić information content (AvgIpc) is 2.23. The molecule has 0 unspecified atom stereocenters. The zero-order valence-corrected chi connectivity index (χ0v) is 9.03. The Hall–Kier alpha value is -1.68. The molecule has 3 nitrogen and oxygen atoms in total. The Morgan fingerprint density at radius 2 is 2.25 bits per heavy atom. The fourth-order valence-electron chi connectivity index (χ4n) is 1.28. The quantitative estimate of drug-likeness (QED) is 0.752. The summed E-state index contributed by atoms with van der Waals surface area (Å²) in [6.45, 7) is 0.831. The van der Waals surface area contributed by atoms with E-state index in [4.69, 9.17) is 5.11 Å². The second-order valence-corrected chi connectivity index (χ2v) is 3.37. The lowest BCUT2D eigenvalue weighted by Gasteiger charge is -1.98. The van der Waals surface area contributed by atoms with Gasteiger partial charge in [0.25, 0.3) is 0 Å². The molecule has 0 aromatic heterocycles. The molecule has 1 aromatic rings. The van der Waals surface area contributed by atoms with Crippen LogP contribution in [0.25, 0.3) is 6.08 Å². The molecule has 1 rings (SSSR count). The molecular formula is C12H14FNO2. The Morgan fingerprint density at radius 1 is 1.50 bits per heavy atom. The lowest BCUT2D eigenvalue weighted by atomic mass is 10.1. The summed E-state index contributed by atoms with van der Waals surface area (Å²) in [6, 6.07) is 3.76. The summed E-state index contributed by atoms with van der Waals surface area (Å²) in [6.07, 6.45) is 4.40. The normalized spacial score (nSPS) is 10.9. The zero-order valence-electron chi connectivity index (χ0n) is 9.03. The van der Waals surface area contributed by atoms with Crippen LogP contribution in [0.3, 0.4) is 0 Å². The van der Waals surface area contributed by atoms with Crippen LogP contribution < -0.4 is 5.32 Å². The molecule has 0 aliphatic heterocycles. The molecule has 0 amide bonds. The van der Waals surface area contributed by atoms with Crippen LogP contribution in [0.4, 0.5) is 4.39 Å². The lowest BCUT2D eigenvalue weighted by Crippen LogP contribution is -2.05. The maximum atomic E-state index is 13.1. The highest BCUT2D eigenvalue weighted by atomic mass is 19.1. The molecule has 4 heteroatoms. The van der Waals surface area contributed by atoms with Gasteiger partial charge in [-0.25, -0.2) is 9.18 Å². The van der Waals surface area contributed by atoms with Crippen molar-refractivity contribution >= 4 is 12.0 Å². The fourth-order valence-corrected chi connectivity index (χ4v) is 1.28. The number of hydrogen-bond donors (Lipinski definition) is 2. The van der Waals surface area contributed by atoms with Crippen molar-refractivity contribution in [1.82, 2.24) is 5.32 Å². The van der Waals surface area contributed by atoms with Gasteiger partial charge in [-0.3, -0.25) is 0 Å². The number of aromatic carboxylic acids is 1. The van der Waals surface area contributed by atoms with Crippen molar-refractivity contribution in [3.63, 3.8) is 0 Å². The van der Waals surface area contributed by atoms with E-state index in [9.17, 15) is 9.18 Å². The molecule has 0 heterocycles. The first kappa shape index (κ1) is 12.4. The standard InChI is InChI=1S/C12H14FNO2/c1-14-5-3-2-4-9-6-10(12(15)16)8-11(13)7-9/h2,4,6-8,14H,3,5H2,1H3,(H,15,16). The third kappa shape index (κ3) is 3.82. The van der Waals surface area contributed by atoms with Crippen molar-refractivity contribution in [2.45, 2.75) is 6.42 Å². The van der Waals surface area contributed by atoms with Gasteiger partial charge in [0.05, 0.1) is 5.56 Å². The predicted molar refractivity (Wildman–Crippen MR) is 60.9 cm³/mol. The molecule has 2 N–H and O–H groups in total. The molecular weight excluding hydrogens is 209 g/mol. The Bertz CT molecular complexity index is 402. The van der Waals surface area contributed by atoms with Crippen LogP contribution in [0, 0.1) is 5.82 Å². The summed E-state index contributed by atoms with van der Waals surface area (Å²) in [7, 11) is 1.85. The van der Waals surface area contributed by atoms with E-state index >= 15 is 0 Å². The van der Waals surface area contributed by atoms with Crippen molar-refractivity contribution in [2.24, 2.45) is 0 Å². The third-order valence-electron chi connectivity index (χ3n) is 2.04. The van der Waals surface area contributed by atoms with Crippen LogP contribution in [-0.2, 0) is 0 Å². The summed E-state index contributed by atoms with van der Waals surface area (Å²) < 4.78 is 13.1. The number of carbonyl (C=O) groups is 1. The van der Waals surface area contributed by atoms with Gasteiger partial charge < -0.3 is 10.4 Å². The highest BCUT2D eigenvalue weighted by molar-refractivity contribution is 5.88. The first-order valence-corrected chi connectivity index (χ1v) is 4.98. The number of hydrogen-bond acceptors (Lipinski definition) is 2. The Labute approximate surface area is 93.6 Å². The summed E-state index contributed by atoms with van der Waals surface area (Å²) in [5.41, 5.74) is 0.529. The highest BCUT2D eigenvalue weighted by Gasteiger charge is 2.05. The van der Waals surface area contributed by atoms with Crippen LogP contribution in [0.15, 0.2) is 24.3 Å².